The van der Waals surface area contributed by atoms with Crippen molar-refractivity contribution in [1.82, 2.24) is 0 Å². The second-order valence-electron chi connectivity index (χ2n) is 4.11. The maximum Gasteiger partial charge on any atom is 0.0433 e. The zero-order chi connectivity index (χ0) is 9.40. The number of rotatable bonds is 7. The molecule has 0 aromatic rings. The predicted molar refractivity (Wildman–Crippen MR) is 54.2 cm³/mol. The topological polar surface area (TPSA) is 20.2 Å². The second kappa shape index (κ2) is 7.60. The lowest BCUT2D eigenvalue weighted by Gasteiger charge is -2.13. The first-order valence-electron chi connectivity index (χ1n) is 5.31. The molecule has 0 unspecified atom stereocenters. The van der Waals surface area contributed by atoms with Crippen LogP contribution in [0.4, 0.5) is 0 Å². The molecule has 0 aromatic heterocycles. The Bertz CT molecular complexity index is 89.0. The molecule has 0 saturated heterocycles. The molecule has 0 aliphatic rings. The molecule has 0 fully saturated rings. The normalized spacial score (nSPS) is 13.8. The molecule has 0 rings (SSSR count). The van der Waals surface area contributed by atoms with Gasteiger partial charge < -0.3 is 5.11 Å². The minimum absolute atomic E-state index is 0.361. The van der Waals surface area contributed by atoms with Gasteiger partial charge in [0.2, 0.25) is 0 Å². The lowest BCUT2D eigenvalue weighted by Crippen LogP contribution is -2.02. The first-order chi connectivity index (χ1) is 5.70. The average Bonchev–Trinajstić information content (AvgIpc) is 2.02. The van der Waals surface area contributed by atoms with Gasteiger partial charge in [0.15, 0.2) is 0 Å². The Labute approximate surface area is 77.2 Å². The summed E-state index contributed by atoms with van der Waals surface area (Å²) in [7, 11) is 0. The number of aliphatic hydroxyl groups is 1. The minimum Gasteiger partial charge on any atom is -0.396 e. The molecule has 1 atom stereocenters. The van der Waals surface area contributed by atoms with Crippen molar-refractivity contribution < 1.29 is 5.11 Å². The van der Waals surface area contributed by atoms with E-state index in [-0.39, 0.29) is 0 Å². The molecule has 0 amide bonds. The van der Waals surface area contributed by atoms with Crippen molar-refractivity contribution in [2.75, 3.05) is 6.61 Å². The van der Waals surface area contributed by atoms with E-state index >= 15 is 0 Å². The first-order valence-corrected chi connectivity index (χ1v) is 5.31. The third-order valence-corrected chi connectivity index (χ3v) is 2.51. The quantitative estimate of drug-likeness (QED) is 0.625. The van der Waals surface area contributed by atoms with Gasteiger partial charge >= 0.3 is 0 Å². The molecular weight excluding hydrogens is 148 g/mol. The fourth-order valence-corrected chi connectivity index (χ4v) is 1.55. The smallest absolute Gasteiger partial charge is 0.0433 e. The van der Waals surface area contributed by atoms with Gasteiger partial charge in [-0.05, 0) is 18.3 Å². The zero-order valence-corrected chi connectivity index (χ0v) is 8.84. The van der Waals surface area contributed by atoms with E-state index < -0.39 is 0 Å². The van der Waals surface area contributed by atoms with Gasteiger partial charge in [-0.1, -0.05) is 46.5 Å². The summed E-state index contributed by atoms with van der Waals surface area (Å²) in [6.45, 7) is 7.12. The van der Waals surface area contributed by atoms with E-state index in [1.807, 2.05) is 0 Å². The average molecular weight is 172 g/mol. The van der Waals surface area contributed by atoms with Crippen molar-refractivity contribution in [1.29, 1.82) is 0 Å². The number of hydrogen-bond donors (Lipinski definition) is 1. The monoisotopic (exact) mass is 172 g/mol. The fraction of sp³-hybridized carbons (Fsp3) is 1.00. The van der Waals surface area contributed by atoms with Crippen molar-refractivity contribution in [3.8, 4) is 0 Å². The van der Waals surface area contributed by atoms with E-state index in [4.69, 9.17) is 5.11 Å². The lowest BCUT2D eigenvalue weighted by atomic mass is 9.94. The van der Waals surface area contributed by atoms with E-state index in [2.05, 4.69) is 20.8 Å². The zero-order valence-electron chi connectivity index (χ0n) is 8.84. The molecule has 74 valence electrons. The van der Waals surface area contributed by atoms with Gasteiger partial charge in [-0.3, -0.25) is 0 Å². The summed E-state index contributed by atoms with van der Waals surface area (Å²) < 4.78 is 0. The molecule has 0 saturated carbocycles. The second-order valence-corrected chi connectivity index (χ2v) is 4.11. The van der Waals surface area contributed by atoms with Gasteiger partial charge in [-0.25, -0.2) is 0 Å². The van der Waals surface area contributed by atoms with Crippen molar-refractivity contribution in [3.63, 3.8) is 0 Å². The van der Waals surface area contributed by atoms with Gasteiger partial charge in [0.25, 0.3) is 0 Å². The van der Waals surface area contributed by atoms with Crippen molar-refractivity contribution in [2.24, 2.45) is 11.8 Å². The largest absolute Gasteiger partial charge is 0.396 e. The number of aliphatic hydroxyl groups excluding tert-OH is 1. The van der Waals surface area contributed by atoms with Crippen LogP contribution in [0.1, 0.15) is 52.9 Å². The molecule has 0 aliphatic carbocycles. The Hall–Kier alpha value is -0.0400. The summed E-state index contributed by atoms with van der Waals surface area (Å²) in [6, 6.07) is 0. The summed E-state index contributed by atoms with van der Waals surface area (Å²) in [6.07, 6.45) is 6.18. The lowest BCUT2D eigenvalue weighted by molar-refractivity contribution is 0.246. The maximum atomic E-state index is 8.78. The molecule has 12 heavy (non-hydrogen) atoms. The summed E-state index contributed by atoms with van der Waals surface area (Å²) in [5.74, 6) is 1.59. The Morgan fingerprint density at radius 3 is 2.17 bits per heavy atom. The third-order valence-electron chi connectivity index (χ3n) is 2.51. The molecule has 0 radical (unpaired) electrons. The molecule has 0 bridgehead atoms. The molecule has 0 aliphatic heterocycles. The van der Waals surface area contributed by atoms with Gasteiger partial charge in [-0.2, -0.15) is 0 Å². The summed E-state index contributed by atoms with van der Waals surface area (Å²) in [5, 5.41) is 8.78. The molecule has 0 heterocycles. The summed E-state index contributed by atoms with van der Waals surface area (Å²) in [5.41, 5.74) is 0. The van der Waals surface area contributed by atoms with E-state index in [1.54, 1.807) is 0 Å². The minimum atomic E-state index is 0.361. The highest BCUT2D eigenvalue weighted by Crippen LogP contribution is 2.17. The van der Waals surface area contributed by atoms with Crippen molar-refractivity contribution in [2.45, 2.75) is 52.9 Å². The highest BCUT2D eigenvalue weighted by Gasteiger charge is 2.05. The first kappa shape index (κ1) is 12.0. The highest BCUT2D eigenvalue weighted by atomic mass is 16.3. The van der Waals surface area contributed by atoms with Crippen LogP contribution in [0.2, 0.25) is 0 Å². The van der Waals surface area contributed by atoms with Gasteiger partial charge in [0, 0.05) is 6.61 Å². The molecule has 1 heteroatoms. The predicted octanol–water partition coefficient (Wildman–Crippen LogP) is 3.22. The van der Waals surface area contributed by atoms with Crippen LogP contribution in [-0.4, -0.2) is 11.7 Å². The summed E-state index contributed by atoms with van der Waals surface area (Å²) in [4.78, 5) is 0. The fourth-order valence-electron chi connectivity index (χ4n) is 1.55. The van der Waals surface area contributed by atoms with Gasteiger partial charge in [0.05, 0.1) is 0 Å². The number of hydrogen-bond acceptors (Lipinski definition) is 1. The van der Waals surface area contributed by atoms with Crippen LogP contribution in [0.15, 0.2) is 0 Å². The molecule has 1 N–H and O–H groups in total. The van der Waals surface area contributed by atoms with E-state index in [9.17, 15) is 0 Å². The van der Waals surface area contributed by atoms with Crippen LogP contribution < -0.4 is 0 Å². The SMILES string of the molecule is CC[C@@H](CCO)CCCC(C)C. The van der Waals surface area contributed by atoms with Crippen LogP contribution in [0, 0.1) is 11.8 Å². The van der Waals surface area contributed by atoms with Crippen molar-refractivity contribution >= 4 is 0 Å². The Morgan fingerprint density at radius 1 is 1.08 bits per heavy atom. The standard InChI is InChI=1S/C11H24O/c1-4-11(8-9-12)7-5-6-10(2)3/h10-12H,4-9H2,1-3H3/t11-/m1/s1. The van der Waals surface area contributed by atoms with E-state index in [0.29, 0.717) is 6.61 Å². The van der Waals surface area contributed by atoms with E-state index in [1.165, 1.54) is 25.7 Å². The van der Waals surface area contributed by atoms with Crippen LogP contribution >= 0.6 is 0 Å². The van der Waals surface area contributed by atoms with Crippen LogP contribution in [-0.2, 0) is 0 Å². The maximum absolute atomic E-state index is 8.78. The highest BCUT2D eigenvalue weighted by molar-refractivity contribution is 4.57. The third kappa shape index (κ3) is 6.66. The molecule has 0 spiro atoms. The van der Waals surface area contributed by atoms with Gasteiger partial charge in [-0.15, -0.1) is 0 Å². The molecule has 0 aromatic carbocycles. The summed E-state index contributed by atoms with van der Waals surface area (Å²) >= 11 is 0. The Balaban J connectivity index is 3.31. The van der Waals surface area contributed by atoms with Crippen LogP contribution in [0.5, 0.6) is 0 Å². The van der Waals surface area contributed by atoms with Crippen molar-refractivity contribution in [3.05, 3.63) is 0 Å². The molecular formula is C11H24O. The Kier molecular flexibility index (Phi) is 7.58. The Morgan fingerprint density at radius 2 is 1.75 bits per heavy atom. The van der Waals surface area contributed by atoms with Gasteiger partial charge in [0.1, 0.15) is 0 Å². The van der Waals surface area contributed by atoms with E-state index in [0.717, 1.165) is 18.3 Å². The van der Waals surface area contributed by atoms with Crippen LogP contribution in [0.25, 0.3) is 0 Å². The molecule has 1 nitrogen and oxygen atoms in total. The van der Waals surface area contributed by atoms with Crippen LogP contribution in [0.3, 0.4) is 0 Å².